The number of ether oxygens (including phenoxy) is 1. The number of nitrogens with one attached hydrogen (secondary N) is 1. The second-order valence-corrected chi connectivity index (χ2v) is 5.61. The average molecular weight is 270 g/mol. The quantitative estimate of drug-likeness (QED) is 0.800. The molecule has 0 aromatic carbocycles. The lowest BCUT2D eigenvalue weighted by Crippen LogP contribution is -2.61. The van der Waals surface area contributed by atoms with Crippen LogP contribution in [-0.2, 0) is 9.53 Å². The molecule has 1 saturated heterocycles. The molecule has 0 radical (unpaired) electrons. The summed E-state index contributed by atoms with van der Waals surface area (Å²) in [5.41, 5.74) is -1.03. The Hall–Kier alpha value is -1.30. The number of carbonyl (C=O) groups excluding carboxylic acids is 1. The third-order valence-corrected chi connectivity index (χ3v) is 4.18. The van der Waals surface area contributed by atoms with Crippen LogP contribution in [0.5, 0.6) is 0 Å². The van der Waals surface area contributed by atoms with Gasteiger partial charge in [0.05, 0.1) is 0 Å². The number of carbonyl (C=O) groups is 2. The number of urea groups is 1. The first-order chi connectivity index (χ1) is 9.03. The standard InChI is InChI=1S/C13H22N2O4/c1-15(9-10-3-7-19-8-4-10)12(18)14-13(11(16)17)5-2-6-13/h10H,2-9H2,1H3,(H,14,18)(H,16,17). The molecule has 0 spiro atoms. The van der Waals surface area contributed by atoms with Crippen LogP contribution >= 0.6 is 0 Å². The van der Waals surface area contributed by atoms with Gasteiger partial charge in [-0.05, 0) is 38.0 Å². The third kappa shape index (κ3) is 3.18. The minimum atomic E-state index is -1.03. The molecule has 1 aliphatic carbocycles. The summed E-state index contributed by atoms with van der Waals surface area (Å²) in [5.74, 6) is -0.474. The van der Waals surface area contributed by atoms with E-state index in [9.17, 15) is 14.7 Å². The number of hydrogen-bond acceptors (Lipinski definition) is 3. The van der Waals surface area contributed by atoms with Crippen LogP contribution < -0.4 is 5.32 Å². The number of nitrogens with zero attached hydrogens (tertiary/aromatic N) is 1. The second-order valence-electron chi connectivity index (χ2n) is 5.61. The fraction of sp³-hybridized carbons (Fsp3) is 0.846. The first kappa shape index (κ1) is 14.1. The van der Waals surface area contributed by atoms with E-state index in [4.69, 9.17) is 4.74 Å². The molecule has 2 fully saturated rings. The summed E-state index contributed by atoms with van der Waals surface area (Å²) in [6.07, 6.45) is 3.83. The number of aliphatic carboxylic acids is 1. The topological polar surface area (TPSA) is 78.9 Å². The molecule has 0 aromatic heterocycles. The van der Waals surface area contributed by atoms with Gasteiger partial charge in [-0.15, -0.1) is 0 Å². The van der Waals surface area contributed by atoms with Crippen LogP contribution in [0.15, 0.2) is 0 Å². The van der Waals surface area contributed by atoms with Crippen LogP contribution in [0.4, 0.5) is 4.79 Å². The summed E-state index contributed by atoms with van der Waals surface area (Å²) >= 11 is 0. The van der Waals surface area contributed by atoms with Crippen molar-refractivity contribution in [2.75, 3.05) is 26.8 Å². The highest BCUT2D eigenvalue weighted by Gasteiger charge is 2.46. The van der Waals surface area contributed by atoms with E-state index >= 15 is 0 Å². The van der Waals surface area contributed by atoms with Gasteiger partial charge in [0, 0.05) is 26.8 Å². The minimum absolute atomic E-state index is 0.284. The zero-order valence-corrected chi connectivity index (χ0v) is 11.4. The van der Waals surface area contributed by atoms with Gasteiger partial charge >= 0.3 is 12.0 Å². The van der Waals surface area contributed by atoms with E-state index < -0.39 is 11.5 Å². The van der Waals surface area contributed by atoms with Crippen LogP contribution in [0, 0.1) is 5.92 Å². The number of amides is 2. The van der Waals surface area contributed by atoms with Crippen molar-refractivity contribution in [1.29, 1.82) is 0 Å². The Morgan fingerprint density at radius 1 is 1.37 bits per heavy atom. The molecule has 19 heavy (non-hydrogen) atoms. The average Bonchev–Trinajstić information content (AvgIpc) is 2.34. The van der Waals surface area contributed by atoms with Crippen molar-refractivity contribution in [2.45, 2.75) is 37.6 Å². The first-order valence-electron chi connectivity index (χ1n) is 6.88. The van der Waals surface area contributed by atoms with E-state index in [0.29, 0.717) is 25.3 Å². The van der Waals surface area contributed by atoms with Crippen molar-refractivity contribution in [3.05, 3.63) is 0 Å². The first-order valence-corrected chi connectivity index (χ1v) is 6.88. The molecular formula is C13H22N2O4. The monoisotopic (exact) mass is 270 g/mol. The fourth-order valence-electron chi connectivity index (χ4n) is 2.62. The summed E-state index contributed by atoms with van der Waals surface area (Å²) < 4.78 is 5.28. The number of carboxylic acids is 1. The van der Waals surface area contributed by atoms with Crippen molar-refractivity contribution in [3.8, 4) is 0 Å². The highest BCUT2D eigenvalue weighted by atomic mass is 16.5. The summed E-state index contributed by atoms with van der Waals surface area (Å²) in [4.78, 5) is 24.8. The molecule has 1 heterocycles. The van der Waals surface area contributed by atoms with Gasteiger partial charge in [0.2, 0.25) is 0 Å². The Morgan fingerprint density at radius 3 is 2.47 bits per heavy atom. The Kier molecular flexibility index (Phi) is 4.29. The molecule has 2 aliphatic rings. The SMILES string of the molecule is CN(CC1CCOCC1)C(=O)NC1(C(=O)O)CCC1. The smallest absolute Gasteiger partial charge is 0.329 e. The molecule has 0 unspecified atom stereocenters. The Morgan fingerprint density at radius 2 is 2.00 bits per heavy atom. The maximum Gasteiger partial charge on any atom is 0.329 e. The van der Waals surface area contributed by atoms with Gasteiger partial charge in [0.25, 0.3) is 0 Å². The van der Waals surface area contributed by atoms with Crippen molar-refractivity contribution in [3.63, 3.8) is 0 Å². The van der Waals surface area contributed by atoms with Gasteiger partial charge in [-0.1, -0.05) is 0 Å². The van der Waals surface area contributed by atoms with E-state index in [1.165, 1.54) is 0 Å². The molecule has 2 amide bonds. The molecule has 0 bridgehead atoms. The van der Waals surface area contributed by atoms with Gasteiger partial charge in [0.1, 0.15) is 5.54 Å². The van der Waals surface area contributed by atoms with Gasteiger partial charge < -0.3 is 20.1 Å². The Balaban J connectivity index is 1.83. The second kappa shape index (κ2) is 5.77. The van der Waals surface area contributed by atoms with E-state index in [0.717, 1.165) is 32.5 Å². The van der Waals surface area contributed by atoms with Crippen molar-refractivity contribution in [2.24, 2.45) is 5.92 Å². The van der Waals surface area contributed by atoms with Gasteiger partial charge in [-0.25, -0.2) is 9.59 Å². The van der Waals surface area contributed by atoms with Crippen LogP contribution in [0.2, 0.25) is 0 Å². The van der Waals surface area contributed by atoms with E-state index in [-0.39, 0.29) is 6.03 Å². The lowest BCUT2D eigenvalue weighted by molar-refractivity contribution is -0.148. The Labute approximate surface area is 113 Å². The molecule has 6 heteroatoms. The van der Waals surface area contributed by atoms with Crippen LogP contribution in [0.3, 0.4) is 0 Å². The maximum absolute atomic E-state index is 12.0. The number of hydrogen-bond donors (Lipinski definition) is 2. The highest BCUT2D eigenvalue weighted by Crippen LogP contribution is 2.32. The van der Waals surface area contributed by atoms with Gasteiger partial charge in [-0.2, -0.15) is 0 Å². The lowest BCUT2D eigenvalue weighted by atomic mass is 9.77. The molecular weight excluding hydrogens is 248 g/mol. The molecule has 6 nitrogen and oxygen atoms in total. The number of rotatable bonds is 4. The minimum Gasteiger partial charge on any atom is -0.480 e. The van der Waals surface area contributed by atoms with Crippen molar-refractivity contribution in [1.82, 2.24) is 10.2 Å². The molecule has 2 N–H and O–H groups in total. The maximum atomic E-state index is 12.0. The normalized spacial score (nSPS) is 22.4. The largest absolute Gasteiger partial charge is 0.480 e. The summed E-state index contributed by atoms with van der Waals surface area (Å²) in [7, 11) is 1.72. The van der Waals surface area contributed by atoms with E-state index in [1.807, 2.05) is 0 Å². The van der Waals surface area contributed by atoms with Crippen LogP contribution in [0.1, 0.15) is 32.1 Å². The zero-order valence-electron chi connectivity index (χ0n) is 11.4. The summed E-state index contributed by atoms with van der Waals surface area (Å²) in [6.45, 7) is 2.16. The third-order valence-electron chi connectivity index (χ3n) is 4.18. The molecule has 0 atom stereocenters. The van der Waals surface area contributed by atoms with E-state index in [1.54, 1.807) is 11.9 Å². The predicted molar refractivity (Wildman–Crippen MR) is 68.9 cm³/mol. The number of carboxylic acid groups (broad SMARTS) is 1. The molecule has 0 aromatic rings. The van der Waals surface area contributed by atoms with Crippen LogP contribution in [0.25, 0.3) is 0 Å². The van der Waals surface area contributed by atoms with Gasteiger partial charge in [-0.3, -0.25) is 0 Å². The summed E-state index contributed by atoms with van der Waals surface area (Å²) in [6, 6.07) is -0.284. The van der Waals surface area contributed by atoms with Crippen LogP contribution in [-0.4, -0.2) is 54.4 Å². The van der Waals surface area contributed by atoms with Crippen molar-refractivity contribution < 1.29 is 19.4 Å². The Bertz CT molecular complexity index is 349. The highest BCUT2D eigenvalue weighted by molar-refractivity contribution is 5.87. The predicted octanol–water partition coefficient (Wildman–Crippen LogP) is 1.06. The van der Waals surface area contributed by atoms with E-state index in [2.05, 4.69) is 5.32 Å². The summed E-state index contributed by atoms with van der Waals surface area (Å²) in [5, 5.41) is 11.9. The molecule has 108 valence electrons. The molecule has 2 rings (SSSR count). The lowest BCUT2D eigenvalue weighted by Gasteiger charge is -2.39. The van der Waals surface area contributed by atoms with Gasteiger partial charge in [0.15, 0.2) is 0 Å². The van der Waals surface area contributed by atoms with Crippen molar-refractivity contribution >= 4 is 12.0 Å². The molecule has 1 aliphatic heterocycles. The molecule has 1 saturated carbocycles. The zero-order chi connectivity index (χ0) is 13.9. The fourth-order valence-corrected chi connectivity index (χ4v) is 2.62.